The molecular weight excluding hydrogens is 218 g/mol. The van der Waals surface area contributed by atoms with Crippen LogP contribution in [-0.2, 0) is 0 Å². The number of ether oxygens (including phenoxy) is 2. The number of likely N-dealkylation sites (N-methyl/N-ethyl adjacent to an activating group) is 1. The Labute approximate surface area is 103 Å². The number of benzene rings is 1. The van der Waals surface area contributed by atoms with Crippen LogP contribution in [0, 0.1) is 0 Å². The molecule has 0 radical (unpaired) electrons. The van der Waals surface area contributed by atoms with Crippen molar-refractivity contribution >= 4 is 0 Å². The average Bonchev–Trinajstić information content (AvgIpc) is 2.39. The third-order valence-corrected chi connectivity index (χ3v) is 2.92. The summed E-state index contributed by atoms with van der Waals surface area (Å²) >= 11 is 0. The van der Waals surface area contributed by atoms with Crippen molar-refractivity contribution in [2.75, 3.05) is 27.4 Å². The number of rotatable bonds is 7. The summed E-state index contributed by atoms with van der Waals surface area (Å²) in [4.78, 5) is 0. The first-order chi connectivity index (χ1) is 8.13. The van der Waals surface area contributed by atoms with Gasteiger partial charge in [-0.15, -0.1) is 0 Å². The Morgan fingerprint density at radius 1 is 1.35 bits per heavy atom. The molecule has 0 amide bonds. The minimum atomic E-state index is -0.293. The van der Waals surface area contributed by atoms with Gasteiger partial charge < -0.3 is 19.9 Å². The highest BCUT2D eigenvalue weighted by molar-refractivity contribution is 5.32. The van der Waals surface area contributed by atoms with Gasteiger partial charge in [0.05, 0.1) is 20.3 Å². The maximum Gasteiger partial charge on any atom is 0.122 e. The molecule has 1 aromatic carbocycles. The van der Waals surface area contributed by atoms with Crippen LogP contribution in [0.5, 0.6) is 11.5 Å². The van der Waals surface area contributed by atoms with E-state index in [0.29, 0.717) is 6.61 Å². The summed E-state index contributed by atoms with van der Waals surface area (Å²) in [5.74, 6) is 1.56. The minimum Gasteiger partial charge on any atom is -0.497 e. The molecule has 0 bridgehead atoms. The zero-order valence-corrected chi connectivity index (χ0v) is 10.7. The normalized spacial score (nSPS) is 14.1. The van der Waals surface area contributed by atoms with Crippen LogP contribution in [-0.4, -0.2) is 38.0 Å². The molecule has 96 valence electrons. The number of hydrogen-bond acceptors (Lipinski definition) is 4. The third-order valence-electron chi connectivity index (χ3n) is 2.92. The molecule has 17 heavy (non-hydrogen) atoms. The predicted octanol–water partition coefficient (Wildman–Crippen LogP) is 1.43. The minimum absolute atomic E-state index is 0.0883. The number of hydrogen-bond donors (Lipinski definition) is 2. The molecular formula is C13H21NO3. The van der Waals surface area contributed by atoms with Gasteiger partial charge >= 0.3 is 0 Å². The Kier molecular flexibility index (Phi) is 5.25. The number of nitrogens with one attached hydrogen (secondary N) is 1. The summed E-state index contributed by atoms with van der Waals surface area (Å²) < 4.78 is 10.7. The van der Waals surface area contributed by atoms with Crippen molar-refractivity contribution in [3.05, 3.63) is 24.3 Å². The quantitative estimate of drug-likeness (QED) is 0.756. The van der Waals surface area contributed by atoms with Crippen LogP contribution in [0.15, 0.2) is 24.3 Å². The number of aliphatic hydroxyl groups is 1. The second kappa shape index (κ2) is 6.47. The summed E-state index contributed by atoms with van der Waals surface area (Å²) in [5.41, 5.74) is -0.293. The topological polar surface area (TPSA) is 50.7 Å². The lowest BCUT2D eigenvalue weighted by molar-refractivity contribution is 0.151. The van der Waals surface area contributed by atoms with Gasteiger partial charge in [-0.3, -0.25) is 0 Å². The average molecular weight is 239 g/mol. The van der Waals surface area contributed by atoms with E-state index >= 15 is 0 Å². The Hall–Kier alpha value is -1.26. The van der Waals surface area contributed by atoms with E-state index in [0.717, 1.165) is 17.9 Å². The van der Waals surface area contributed by atoms with Crippen molar-refractivity contribution in [3.8, 4) is 11.5 Å². The fraction of sp³-hybridized carbons (Fsp3) is 0.538. The number of methoxy groups -OCH3 is 1. The van der Waals surface area contributed by atoms with E-state index in [1.54, 1.807) is 7.11 Å². The van der Waals surface area contributed by atoms with Gasteiger partial charge in [-0.1, -0.05) is 6.07 Å². The first-order valence-electron chi connectivity index (χ1n) is 5.70. The molecule has 1 atom stereocenters. The molecule has 2 N–H and O–H groups in total. The summed E-state index contributed by atoms with van der Waals surface area (Å²) in [6.45, 7) is 2.60. The molecule has 1 unspecified atom stereocenters. The smallest absolute Gasteiger partial charge is 0.122 e. The maximum atomic E-state index is 9.23. The number of aliphatic hydroxyl groups excluding tert-OH is 1. The van der Waals surface area contributed by atoms with Crippen LogP contribution < -0.4 is 14.8 Å². The first kappa shape index (κ1) is 13.8. The molecule has 4 heteroatoms. The van der Waals surface area contributed by atoms with E-state index < -0.39 is 0 Å². The van der Waals surface area contributed by atoms with E-state index in [2.05, 4.69) is 5.32 Å². The molecule has 0 fully saturated rings. The molecule has 1 rings (SSSR count). The molecule has 4 nitrogen and oxygen atoms in total. The Balaban J connectivity index is 2.45. The van der Waals surface area contributed by atoms with Crippen molar-refractivity contribution < 1.29 is 14.6 Å². The van der Waals surface area contributed by atoms with Crippen molar-refractivity contribution in [2.24, 2.45) is 0 Å². The fourth-order valence-electron chi connectivity index (χ4n) is 1.37. The molecule has 0 aliphatic rings. The van der Waals surface area contributed by atoms with Crippen molar-refractivity contribution in [3.63, 3.8) is 0 Å². The van der Waals surface area contributed by atoms with E-state index in [9.17, 15) is 5.11 Å². The van der Waals surface area contributed by atoms with Gasteiger partial charge in [0.15, 0.2) is 0 Å². The zero-order chi connectivity index (χ0) is 12.7. The van der Waals surface area contributed by atoms with Crippen LogP contribution >= 0.6 is 0 Å². The second-order valence-electron chi connectivity index (χ2n) is 4.25. The van der Waals surface area contributed by atoms with E-state index in [1.807, 2.05) is 38.2 Å². The van der Waals surface area contributed by atoms with Gasteiger partial charge in [-0.2, -0.15) is 0 Å². The molecule has 0 saturated carbocycles. The zero-order valence-electron chi connectivity index (χ0n) is 10.7. The lowest BCUT2D eigenvalue weighted by atomic mass is 10.0. The van der Waals surface area contributed by atoms with E-state index in [4.69, 9.17) is 9.47 Å². The Morgan fingerprint density at radius 3 is 2.65 bits per heavy atom. The van der Waals surface area contributed by atoms with Crippen molar-refractivity contribution in [2.45, 2.75) is 18.9 Å². The van der Waals surface area contributed by atoms with E-state index in [1.165, 1.54) is 0 Å². The predicted molar refractivity (Wildman–Crippen MR) is 67.7 cm³/mol. The standard InChI is InChI=1S/C13H21NO3/c1-13(10-15,14-2)7-8-17-12-6-4-5-11(9-12)16-3/h4-6,9,14-15H,7-8,10H2,1-3H3. The van der Waals surface area contributed by atoms with Gasteiger partial charge in [0.25, 0.3) is 0 Å². The fourth-order valence-corrected chi connectivity index (χ4v) is 1.37. The second-order valence-corrected chi connectivity index (χ2v) is 4.25. The summed E-state index contributed by atoms with van der Waals surface area (Å²) in [5, 5.41) is 12.3. The van der Waals surface area contributed by atoms with Crippen LogP contribution in [0.2, 0.25) is 0 Å². The summed E-state index contributed by atoms with van der Waals surface area (Å²) in [6.07, 6.45) is 0.733. The molecule has 0 spiro atoms. The van der Waals surface area contributed by atoms with E-state index in [-0.39, 0.29) is 12.1 Å². The summed E-state index contributed by atoms with van der Waals surface area (Å²) in [6, 6.07) is 7.49. The van der Waals surface area contributed by atoms with Gasteiger partial charge in [-0.05, 0) is 26.1 Å². The highest BCUT2D eigenvalue weighted by Crippen LogP contribution is 2.19. The Bertz CT molecular complexity index is 337. The van der Waals surface area contributed by atoms with Crippen LogP contribution in [0.4, 0.5) is 0 Å². The SMILES string of the molecule is CNC(C)(CO)CCOc1cccc(OC)c1. The molecule has 0 aliphatic heterocycles. The van der Waals surface area contributed by atoms with Crippen LogP contribution in [0.3, 0.4) is 0 Å². The molecule has 1 aromatic rings. The highest BCUT2D eigenvalue weighted by atomic mass is 16.5. The molecule has 0 aromatic heterocycles. The van der Waals surface area contributed by atoms with Gasteiger partial charge in [0.1, 0.15) is 11.5 Å². The lowest BCUT2D eigenvalue weighted by Gasteiger charge is -2.26. The lowest BCUT2D eigenvalue weighted by Crippen LogP contribution is -2.44. The highest BCUT2D eigenvalue weighted by Gasteiger charge is 2.20. The molecule has 0 heterocycles. The largest absolute Gasteiger partial charge is 0.497 e. The van der Waals surface area contributed by atoms with Gasteiger partial charge in [0, 0.05) is 18.0 Å². The van der Waals surface area contributed by atoms with Crippen molar-refractivity contribution in [1.82, 2.24) is 5.32 Å². The Morgan fingerprint density at radius 2 is 2.06 bits per heavy atom. The molecule has 0 saturated heterocycles. The summed E-state index contributed by atoms with van der Waals surface area (Å²) in [7, 11) is 3.46. The van der Waals surface area contributed by atoms with Crippen molar-refractivity contribution in [1.29, 1.82) is 0 Å². The van der Waals surface area contributed by atoms with Crippen LogP contribution in [0.25, 0.3) is 0 Å². The first-order valence-corrected chi connectivity index (χ1v) is 5.70. The third kappa shape index (κ3) is 4.24. The van der Waals surface area contributed by atoms with Gasteiger partial charge in [0.2, 0.25) is 0 Å². The van der Waals surface area contributed by atoms with Crippen LogP contribution in [0.1, 0.15) is 13.3 Å². The monoisotopic (exact) mass is 239 g/mol. The molecule has 0 aliphatic carbocycles. The maximum absolute atomic E-state index is 9.23. The van der Waals surface area contributed by atoms with Gasteiger partial charge in [-0.25, -0.2) is 0 Å².